The number of urea groups is 1. The molecule has 138 valence electrons. The number of amides is 2. The number of carbonyl (C=O) groups is 1. The van der Waals surface area contributed by atoms with Gasteiger partial charge in [-0.05, 0) is 62.8 Å². The molecule has 0 unspecified atom stereocenters. The van der Waals surface area contributed by atoms with E-state index in [1.807, 2.05) is 26.0 Å². The van der Waals surface area contributed by atoms with Crippen molar-refractivity contribution in [3.63, 3.8) is 0 Å². The Morgan fingerprint density at radius 3 is 2.32 bits per heavy atom. The summed E-state index contributed by atoms with van der Waals surface area (Å²) in [6, 6.07) is 5.50. The fourth-order valence-corrected chi connectivity index (χ4v) is 4.96. The summed E-state index contributed by atoms with van der Waals surface area (Å²) in [7, 11) is -3.49. The van der Waals surface area contributed by atoms with Gasteiger partial charge in [-0.1, -0.05) is 6.07 Å². The lowest BCUT2D eigenvalue weighted by atomic mass is 9.92. The number of sulfonamides is 1. The van der Waals surface area contributed by atoms with E-state index in [9.17, 15) is 13.2 Å². The summed E-state index contributed by atoms with van der Waals surface area (Å²) in [6.07, 6.45) is 4.31. The van der Waals surface area contributed by atoms with Crippen LogP contribution in [0.4, 0.5) is 4.79 Å². The third-order valence-electron chi connectivity index (χ3n) is 4.90. The first kappa shape index (κ1) is 18.2. The van der Waals surface area contributed by atoms with Crippen LogP contribution in [0.15, 0.2) is 23.1 Å². The van der Waals surface area contributed by atoms with Gasteiger partial charge in [-0.2, -0.15) is 4.31 Å². The zero-order chi connectivity index (χ0) is 18.0. The van der Waals surface area contributed by atoms with Crippen LogP contribution >= 0.6 is 0 Å². The van der Waals surface area contributed by atoms with Gasteiger partial charge in [0, 0.05) is 32.2 Å². The molecule has 3 rings (SSSR count). The topological polar surface area (TPSA) is 69.7 Å². The van der Waals surface area contributed by atoms with E-state index < -0.39 is 10.0 Å². The zero-order valence-corrected chi connectivity index (χ0v) is 15.8. The van der Waals surface area contributed by atoms with E-state index in [1.165, 1.54) is 21.9 Å². The molecule has 7 heteroatoms. The highest BCUT2D eigenvalue weighted by Gasteiger charge is 2.30. The summed E-state index contributed by atoms with van der Waals surface area (Å²) in [6.45, 7) is 5.34. The first-order chi connectivity index (χ1) is 11.9. The number of rotatable bonds is 3. The van der Waals surface area contributed by atoms with Crippen molar-refractivity contribution in [3.05, 3.63) is 29.3 Å². The number of fused-ring (bicyclic) bond motifs is 1. The summed E-state index contributed by atoms with van der Waals surface area (Å²) >= 11 is 0. The molecule has 0 aromatic heterocycles. The van der Waals surface area contributed by atoms with Crippen molar-refractivity contribution in [2.24, 2.45) is 0 Å². The number of benzene rings is 1. The predicted octanol–water partition coefficient (Wildman–Crippen LogP) is 1.99. The summed E-state index contributed by atoms with van der Waals surface area (Å²) in [5.41, 5.74) is 2.45. The highest BCUT2D eigenvalue weighted by molar-refractivity contribution is 7.89. The van der Waals surface area contributed by atoms with E-state index in [4.69, 9.17) is 0 Å². The minimum absolute atomic E-state index is 0.0738. The first-order valence-corrected chi connectivity index (χ1v) is 10.5. The molecule has 1 N–H and O–H groups in total. The second-order valence-electron chi connectivity index (χ2n) is 7.13. The molecule has 0 bridgehead atoms. The highest BCUT2D eigenvalue weighted by atomic mass is 32.2. The lowest BCUT2D eigenvalue weighted by Gasteiger charge is -2.34. The van der Waals surface area contributed by atoms with Gasteiger partial charge in [0.2, 0.25) is 10.0 Å². The molecule has 2 aliphatic rings. The quantitative estimate of drug-likeness (QED) is 0.891. The molecule has 25 heavy (non-hydrogen) atoms. The van der Waals surface area contributed by atoms with Crippen LogP contribution in [0.2, 0.25) is 0 Å². The van der Waals surface area contributed by atoms with E-state index in [2.05, 4.69) is 5.32 Å². The lowest BCUT2D eigenvalue weighted by Crippen LogP contribution is -2.53. The molecule has 1 saturated heterocycles. The molecule has 0 saturated carbocycles. The van der Waals surface area contributed by atoms with Gasteiger partial charge in [-0.3, -0.25) is 0 Å². The highest BCUT2D eigenvalue weighted by Crippen LogP contribution is 2.26. The van der Waals surface area contributed by atoms with Gasteiger partial charge < -0.3 is 10.2 Å². The Morgan fingerprint density at radius 1 is 1.04 bits per heavy atom. The molecule has 0 radical (unpaired) electrons. The fraction of sp³-hybridized carbons (Fsp3) is 0.611. The van der Waals surface area contributed by atoms with Crippen molar-refractivity contribution >= 4 is 16.1 Å². The van der Waals surface area contributed by atoms with Crippen LogP contribution < -0.4 is 5.32 Å². The number of piperazine rings is 1. The molecule has 6 nitrogen and oxygen atoms in total. The molecular weight excluding hydrogens is 338 g/mol. The molecule has 1 heterocycles. The van der Waals surface area contributed by atoms with Crippen LogP contribution in [0.5, 0.6) is 0 Å². The average Bonchev–Trinajstić information content (AvgIpc) is 2.61. The van der Waals surface area contributed by atoms with Crippen LogP contribution in [0, 0.1) is 0 Å². The summed E-state index contributed by atoms with van der Waals surface area (Å²) in [5, 5.41) is 2.85. The van der Waals surface area contributed by atoms with E-state index in [1.54, 1.807) is 11.0 Å². The van der Waals surface area contributed by atoms with E-state index in [0.717, 1.165) is 19.3 Å². The van der Waals surface area contributed by atoms with Gasteiger partial charge in [0.05, 0.1) is 4.90 Å². The van der Waals surface area contributed by atoms with Crippen molar-refractivity contribution in [2.45, 2.75) is 50.5 Å². The van der Waals surface area contributed by atoms with Gasteiger partial charge in [0.1, 0.15) is 0 Å². The van der Waals surface area contributed by atoms with E-state index >= 15 is 0 Å². The molecule has 1 fully saturated rings. The number of aryl methyl sites for hydroxylation is 2. The van der Waals surface area contributed by atoms with Crippen molar-refractivity contribution in [1.82, 2.24) is 14.5 Å². The number of hydrogen-bond donors (Lipinski definition) is 1. The molecule has 0 atom stereocenters. The minimum Gasteiger partial charge on any atom is -0.336 e. The lowest BCUT2D eigenvalue weighted by molar-refractivity contribution is 0.170. The Morgan fingerprint density at radius 2 is 1.68 bits per heavy atom. The van der Waals surface area contributed by atoms with Crippen LogP contribution in [0.1, 0.15) is 37.8 Å². The number of carbonyl (C=O) groups excluding carboxylic acids is 1. The molecule has 0 spiro atoms. The summed E-state index contributed by atoms with van der Waals surface area (Å²) in [5.74, 6) is 0. The Kier molecular flexibility index (Phi) is 5.34. The molecule has 1 aromatic carbocycles. The maximum atomic E-state index is 12.9. The number of hydrogen-bond acceptors (Lipinski definition) is 3. The molecule has 2 amide bonds. The molecule has 1 aliphatic heterocycles. The predicted molar refractivity (Wildman–Crippen MR) is 97.1 cm³/mol. The number of nitrogens with one attached hydrogen (secondary N) is 1. The van der Waals surface area contributed by atoms with Gasteiger partial charge in [-0.25, -0.2) is 13.2 Å². The van der Waals surface area contributed by atoms with Gasteiger partial charge in [0.15, 0.2) is 0 Å². The maximum Gasteiger partial charge on any atom is 0.317 e. The van der Waals surface area contributed by atoms with Crippen molar-refractivity contribution in [3.8, 4) is 0 Å². The van der Waals surface area contributed by atoms with Crippen LogP contribution in [-0.2, 0) is 22.9 Å². The van der Waals surface area contributed by atoms with E-state index in [-0.39, 0.29) is 12.1 Å². The van der Waals surface area contributed by atoms with Gasteiger partial charge >= 0.3 is 6.03 Å². The molecule has 1 aliphatic carbocycles. The van der Waals surface area contributed by atoms with Crippen molar-refractivity contribution in [2.75, 3.05) is 26.2 Å². The largest absolute Gasteiger partial charge is 0.336 e. The molecule has 1 aromatic rings. The standard InChI is InChI=1S/C18H27N3O3S/c1-14(2)19-18(22)20-9-11-21(12-10-20)25(23,24)17-8-7-15-5-3-4-6-16(15)13-17/h7-8,13-14H,3-6,9-12H2,1-2H3,(H,19,22). The second-order valence-corrected chi connectivity index (χ2v) is 9.07. The SMILES string of the molecule is CC(C)NC(=O)N1CCN(S(=O)(=O)c2ccc3c(c2)CCCC3)CC1. The van der Waals surface area contributed by atoms with E-state index in [0.29, 0.717) is 31.1 Å². The van der Waals surface area contributed by atoms with Gasteiger partial charge in [0.25, 0.3) is 0 Å². The van der Waals surface area contributed by atoms with Crippen molar-refractivity contribution in [1.29, 1.82) is 0 Å². The zero-order valence-electron chi connectivity index (χ0n) is 15.0. The Hall–Kier alpha value is -1.60. The first-order valence-electron chi connectivity index (χ1n) is 9.05. The normalized spacial score (nSPS) is 18.9. The van der Waals surface area contributed by atoms with Gasteiger partial charge in [-0.15, -0.1) is 0 Å². The number of nitrogens with zero attached hydrogens (tertiary/aromatic N) is 2. The summed E-state index contributed by atoms with van der Waals surface area (Å²) in [4.78, 5) is 14.1. The average molecular weight is 365 g/mol. The smallest absolute Gasteiger partial charge is 0.317 e. The van der Waals surface area contributed by atoms with Crippen molar-refractivity contribution < 1.29 is 13.2 Å². The Balaban J connectivity index is 1.69. The Labute approximate surface area is 150 Å². The summed E-state index contributed by atoms with van der Waals surface area (Å²) < 4.78 is 27.4. The third-order valence-corrected chi connectivity index (χ3v) is 6.79. The van der Waals surface area contributed by atoms with Crippen LogP contribution in [0.3, 0.4) is 0 Å². The minimum atomic E-state index is -3.49. The monoisotopic (exact) mass is 365 g/mol. The molecular formula is C18H27N3O3S. The van der Waals surface area contributed by atoms with Crippen LogP contribution in [0.25, 0.3) is 0 Å². The second kappa shape index (κ2) is 7.33. The fourth-order valence-electron chi connectivity index (χ4n) is 3.49. The Bertz CT molecular complexity index is 738. The maximum absolute atomic E-state index is 12.9. The third kappa shape index (κ3) is 3.98. The van der Waals surface area contributed by atoms with Crippen LogP contribution in [-0.4, -0.2) is 55.9 Å².